The Bertz CT molecular complexity index is 881. The van der Waals surface area contributed by atoms with Crippen LogP contribution in [0.25, 0.3) is 0 Å². The molecule has 4 rings (SSSR count). The number of fused-ring (bicyclic) bond motifs is 2. The van der Waals surface area contributed by atoms with E-state index in [0.29, 0.717) is 26.1 Å². The van der Waals surface area contributed by atoms with Gasteiger partial charge in [-0.3, -0.25) is 19.3 Å². The van der Waals surface area contributed by atoms with Crippen molar-refractivity contribution in [1.82, 2.24) is 9.80 Å². The smallest absolute Gasteiger partial charge is 0.321 e. The number of rotatable bonds is 5. The molecule has 1 amide bonds. The van der Waals surface area contributed by atoms with Crippen LogP contribution in [0.5, 0.6) is 0 Å². The molecule has 0 N–H and O–H groups in total. The molecule has 3 fully saturated rings. The monoisotopic (exact) mass is 446 g/mol. The Morgan fingerprint density at radius 1 is 1.16 bits per heavy atom. The zero-order chi connectivity index (χ0) is 23.0. The number of carbonyl (C=O) groups excluding carboxylic acids is 3. The molecule has 8 heteroatoms. The Morgan fingerprint density at radius 2 is 1.81 bits per heavy atom. The van der Waals surface area contributed by atoms with Crippen molar-refractivity contribution in [1.29, 1.82) is 0 Å². The topological polar surface area (TPSA) is 76.1 Å². The van der Waals surface area contributed by atoms with Crippen LogP contribution in [0, 0.1) is 11.2 Å². The lowest BCUT2D eigenvalue weighted by atomic mass is 9.69. The standard InChI is InChI=1S/C24H31FN2O5/c1-15-12-26(13-16(2)32-15)22(29)11-24(23(30)31-3)20-9-8-19(10-21(24)28)27(20)14-17-4-6-18(25)7-5-17/h4-7,15-16,19-20H,8-14H2,1-3H3. The second-order valence-electron chi connectivity index (χ2n) is 9.37. The fraction of sp³-hybridized carbons (Fsp3) is 0.625. The van der Waals surface area contributed by atoms with Crippen molar-refractivity contribution in [2.45, 2.75) is 70.4 Å². The van der Waals surface area contributed by atoms with Gasteiger partial charge in [-0.2, -0.15) is 0 Å². The number of ketones is 1. The van der Waals surface area contributed by atoms with Crippen LogP contribution in [0.2, 0.25) is 0 Å². The number of Topliss-reactive ketones (excluding diaryl/α,β-unsaturated/α-hetero) is 1. The number of nitrogens with zero attached hydrogens (tertiary/aromatic N) is 2. The van der Waals surface area contributed by atoms with Crippen LogP contribution in [0.3, 0.4) is 0 Å². The third-order valence-electron chi connectivity index (χ3n) is 7.16. The molecule has 0 saturated carbocycles. The molecule has 3 aliphatic heterocycles. The number of morpholine rings is 1. The van der Waals surface area contributed by atoms with E-state index in [2.05, 4.69) is 4.90 Å². The first-order valence-electron chi connectivity index (χ1n) is 11.3. The minimum Gasteiger partial charge on any atom is -0.468 e. The SMILES string of the molecule is COC(=O)C1(CC(=O)N2CC(C)OC(C)C2)C(=O)CC2CCC1N2Cc1ccc(F)cc1. The lowest BCUT2D eigenvalue weighted by Crippen LogP contribution is -2.62. The maximum Gasteiger partial charge on any atom is 0.321 e. The second-order valence-corrected chi connectivity index (χ2v) is 9.37. The summed E-state index contributed by atoms with van der Waals surface area (Å²) in [5.74, 6) is -1.39. The van der Waals surface area contributed by atoms with Crippen LogP contribution in [0.1, 0.15) is 45.1 Å². The molecule has 7 nitrogen and oxygen atoms in total. The summed E-state index contributed by atoms with van der Waals surface area (Å²) in [5.41, 5.74) is -0.623. The van der Waals surface area contributed by atoms with Crippen LogP contribution in [-0.4, -0.2) is 72.0 Å². The van der Waals surface area contributed by atoms with Gasteiger partial charge in [-0.1, -0.05) is 12.1 Å². The largest absolute Gasteiger partial charge is 0.468 e. The Balaban J connectivity index is 1.63. The number of piperidine rings is 1. The van der Waals surface area contributed by atoms with Crippen molar-refractivity contribution < 1.29 is 28.2 Å². The van der Waals surface area contributed by atoms with Gasteiger partial charge in [0.1, 0.15) is 5.82 Å². The first-order valence-corrected chi connectivity index (χ1v) is 11.3. The van der Waals surface area contributed by atoms with Gasteiger partial charge in [0.05, 0.1) is 25.7 Å². The molecule has 32 heavy (non-hydrogen) atoms. The lowest BCUT2D eigenvalue weighted by molar-refractivity contribution is -0.172. The fourth-order valence-corrected chi connectivity index (χ4v) is 5.76. The van der Waals surface area contributed by atoms with Gasteiger partial charge in [0.15, 0.2) is 11.2 Å². The summed E-state index contributed by atoms with van der Waals surface area (Å²) < 4.78 is 24.2. The predicted octanol–water partition coefficient (Wildman–Crippen LogP) is 2.32. The van der Waals surface area contributed by atoms with E-state index in [0.717, 1.165) is 12.0 Å². The van der Waals surface area contributed by atoms with Crippen molar-refractivity contribution in [3.05, 3.63) is 35.6 Å². The summed E-state index contributed by atoms with van der Waals surface area (Å²) in [6, 6.07) is 5.83. The summed E-state index contributed by atoms with van der Waals surface area (Å²) in [6.45, 7) is 5.16. The van der Waals surface area contributed by atoms with Gasteiger partial charge in [0, 0.05) is 38.1 Å². The average Bonchev–Trinajstić information content (AvgIpc) is 3.07. The molecule has 1 aromatic carbocycles. The van der Waals surface area contributed by atoms with Crippen molar-refractivity contribution in [2.24, 2.45) is 5.41 Å². The Kier molecular flexibility index (Phi) is 6.36. The summed E-state index contributed by atoms with van der Waals surface area (Å²) in [7, 11) is 1.27. The highest BCUT2D eigenvalue weighted by atomic mass is 19.1. The van der Waals surface area contributed by atoms with E-state index in [9.17, 15) is 18.8 Å². The summed E-state index contributed by atoms with van der Waals surface area (Å²) in [6.07, 6.45) is 1.20. The molecule has 1 aromatic rings. The maximum absolute atomic E-state index is 13.4. The lowest BCUT2D eigenvalue weighted by Gasteiger charge is -2.46. The third-order valence-corrected chi connectivity index (χ3v) is 7.16. The van der Waals surface area contributed by atoms with Crippen molar-refractivity contribution in [3.63, 3.8) is 0 Å². The van der Waals surface area contributed by atoms with E-state index in [4.69, 9.17) is 9.47 Å². The quantitative estimate of drug-likeness (QED) is 0.510. The number of benzene rings is 1. The second kappa shape index (κ2) is 8.90. The molecule has 3 aliphatic rings. The van der Waals surface area contributed by atoms with Crippen LogP contribution < -0.4 is 0 Å². The van der Waals surface area contributed by atoms with Gasteiger partial charge < -0.3 is 14.4 Å². The first kappa shape index (κ1) is 22.9. The summed E-state index contributed by atoms with van der Waals surface area (Å²) in [5, 5.41) is 0. The number of hydrogen-bond donors (Lipinski definition) is 0. The highest BCUT2D eigenvalue weighted by Crippen LogP contribution is 2.48. The molecule has 174 valence electrons. The number of esters is 1. The molecule has 5 atom stereocenters. The zero-order valence-electron chi connectivity index (χ0n) is 18.9. The van der Waals surface area contributed by atoms with E-state index >= 15 is 0 Å². The minimum atomic E-state index is -1.52. The van der Waals surface area contributed by atoms with E-state index in [1.54, 1.807) is 17.0 Å². The molecule has 0 aromatic heterocycles. The van der Waals surface area contributed by atoms with Gasteiger partial charge in [-0.25, -0.2) is 4.39 Å². The van der Waals surface area contributed by atoms with E-state index in [1.807, 2.05) is 13.8 Å². The molecule has 5 unspecified atom stereocenters. The van der Waals surface area contributed by atoms with E-state index < -0.39 is 17.4 Å². The van der Waals surface area contributed by atoms with E-state index in [1.165, 1.54) is 19.2 Å². The van der Waals surface area contributed by atoms with Gasteiger partial charge in [-0.15, -0.1) is 0 Å². The Labute approximate surface area is 187 Å². The molecule has 0 spiro atoms. The van der Waals surface area contributed by atoms with Crippen LogP contribution >= 0.6 is 0 Å². The van der Waals surface area contributed by atoms with Gasteiger partial charge in [-0.05, 0) is 44.4 Å². The average molecular weight is 447 g/mol. The molecular weight excluding hydrogens is 415 g/mol. The van der Waals surface area contributed by atoms with Crippen molar-refractivity contribution >= 4 is 17.7 Å². The van der Waals surface area contributed by atoms with Crippen molar-refractivity contribution in [2.75, 3.05) is 20.2 Å². The van der Waals surface area contributed by atoms with Crippen LogP contribution in [0.4, 0.5) is 4.39 Å². The number of ether oxygens (including phenoxy) is 2. The summed E-state index contributed by atoms with van der Waals surface area (Å²) in [4.78, 5) is 43.8. The molecular formula is C24H31FN2O5. The number of halogens is 1. The Hall–Kier alpha value is -2.32. The van der Waals surface area contributed by atoms with E-state index in [-0.39, 0.29) is 48.6 Å². The first-order chi connectivity index (χ1) is 15.2. The highest BCUT2D eigenvalue weighted by molar-refractivity contribution is 6.08. The molecule has 2 bridgehead atoms. The van der Waals surface area contributed by atoms with Crippen molar-refractivity contribution in [3.8, 4) is 0 Å². The van der Waals surface area contributed by atoms with Crippen LogP contribution in [0.15, 0.2) is 24.3 Å². The van der Waals surface area contributed by atoms with Gasteiger partial charge in [0.2, 0.25) is 5.91 Å². The molecule has 0 aliphatic carbocycles. The molecule has 0 radical (unpaired) electrons. The summed E-state index contributed by atoms with van der Waals surface area (Å²) >= 11 is 0. The number of carbonyl (C=O) groups is 3. The third kappa shape index (κ3) is 4.06. The molecule has 3 saturated heterocycles. The highest BCUT2D eigenvalue weighted by Gasteiger charge is 2.62. The Morgan fingerprint density at radius 3 is 2.44 bits per heavy atom. The van der Waals surface area contributed by atoms with Gasteiger partial charge >= 0.3 is 5.97 Å². The van der Waals surface area contributed by atoms with Crippen LogP contribution in [-0.2, 0) is 30.4 Å². The van der Waals surface area contributed by atoms with Gasteiger partial charge in [0.25, 0.3) is 0 Å². The molecule has 3 heterocycles. The normalized spacial score (nSPS) is 32.8. The number of hydrogen-bond acceptors (Lipinski definition) is 6. The maximum atomic E-state index is 13.4. The number of methoxy groups -OCH3 is 1. The minimum absolute atomic E-state index is 0.00821. The predicted molar refractivity (Wildman–Crippen MR) is 114 cm³/mol. The fourth-order valence-electron chi connectivity index (χ4n) is 5.76. The zero-order valence-corrected chi connectivity index (χ0v) is 18.9. The number of amides is 1.